The van der Waals surface area contributed by atoms with Gasteiger partial charge < -0.3 is 4.74 Å². The average molecular weight is 445 g/mol. The Hall–Kier alpha value is -2.61. The van der Waals surface area contributed by atoms with Gasteiger partial charge in [-0.15, -0.1) is 0 Å². The zero-order valence-electron chi connectivity index (χ0n) is 20.6. The van der Waals surface area contributed by atoms with Crippen molar-refractivity contribution in [2.45, 2.75) is 84.0 Å². The van der Waals surface area contributed by atoms with Gasteiger partial charge in [0.25, 0.3) is 0 Å². The zero-order valence-corrected chi connectivity index (χ0v) is 20.6. The van der Waals surface area contributed by atoms with E-state index in [1.54, 1.807) is 0 Å². The molecule has 176 valence electrons. The minimum atomic E-state index is -0.689. The fourth-order valence-corrected chi connectivity index (χ4v) is 4.66. The van der Waals surface area contributed by atoms with Crippen LogP contribution in [0.3, 0.4) is 0 Å². The molecule has 1 atom stereocenters. The minimum Gasteiger partial charge on any atom is -0.426 e. The number of hydrogen-bond donors (Lipinski definition) is 0. The number of benzene rings is 2. The lowest BCUT2D eigenvalue weighted by Gasteiger charge is -2.29. The summed E-state index contributed by atoms with van der Waals surface area (Å²) >= 11 is 0. The zero-order chi connectivity index (χ0) is 23.5. The Morgan fingerprint density at radius 3 is 2.18 bits per heavy atom. The van der Waals surface area contributed by atoms with Crippen LogP contribution in [0.2, 0.25) is 0 Å². The molecular formula is C31H40O2. The van der Waals surface area contributed by atoms with Crippen LogP contribution in [-0.2, 0) is 4.79 Å². The molecular weight excluding hydrogens is 404 g/mol. The number of rotatable bonds is 12. The van der Waals surface area contributed by atoms with Crippen molar-refractivity contribution in [1.29, 1.82) is 0 Å². The third kappa shape index (κ3) is 6.93. The third-order valence-corrected chi connectivity index (χ3v) is 6.84. The van der Waals surface area contributed by atoms with E-state index in [1.165, 1.54) is 43.2 Å². The molecule has 0 unspecified atom stereocenters. The van der Waals surface area contributed by atoms with Crippen molar-refractivity contribution in [2.75, 3.05) is 0 Å². The Labute approximate surface area is 200 Å². The molecule has 0 amide bonds. The van der Waals surface area contributed by atoms with Gasteiger partial charge >= 0.3 is 5.97 Å². The first kappa shape index (κ1) is 25.0. The summed E-state index contributed by atoms with van der Waals surface area (Å²) in [7, 11) is 0. The van der Waals surface area contributed by atoms with Crippen LogP contribution in [0.25, 0.3) is 0 Å². The highest BCUT2D eigenvalue weighted by Crippen LogP contribution is 2.38. The fourth-order valence-electron chi connectivity index (χ4n) is 4.66. The van der Waals surface area contributed by atoms with Crippen LogP contribution in [0.15, 0.2) is 78.9 Å². The summed E-state index contributed by atoms with van der Waals surface area (Å²) in [6, 6.07) is 18.5. The highest BCUT2D eigenvalue weighted by Gasteiger charge is 2.37. The summed E-state index contributed by atoms with van der Waals surface area (Å²) in [6.45, 7) is 6.68. The second-order valence-corrected chi connectivity index (χ2v) is 9.51. The van der Waals surface area contributed by atoms with Gasteiger partial charge in [-0.1, -0.05) is 126 Å². The molecule has 33 heavy (non-hydrogen) atoms. The lowest BCUT2D eigenvalue weighted by atomic mass is 9.76. The Morgan fingerprint density at radius 2 is 1.55 bits per heavy atom. The number of ether oxygens (including phenoxy) is 1. The first-order valence-electron chi connectivity index (χ1n) is 12.8. The molecule has 0 aromatic heterocycles. The van der Waals surface area contributed by atoms with Crippen LogP contribution in [0.5, 0.6) is 5.75 Å². The number of esters is 1. The molecule has 0 heterocycles. The maximum absolute atomic E-state index is 13.4. The van der Waals surface area contributed by atoms with Gasteiger partial charge in [0.15, 0.2) is 0 Å². The van der Waals surface area contributed by atoms with Gasteiger partial charge in [0.2, 0.25) is 0 Å². The van der Waals surface area contributed by atoms with E-state index >= 15 is 0 Å². The van der Waals surface area contributed by atoms with E-state index < -0.39 is 5.41 Å². The van der Waals surface area contributed by atoms with Crippen LogP contribution in [-0.4, -0.2) is 5.97 Å². The summed E-state index contributed by atoms with van der Waals surface area (Å²) in [4.78, 5) is 13.4. The number of carbonyl (C=O) groups is 1. The van der Waals surface area contributed by atoms with E-state index in [9.17, 15) is 4.79 Å². The molecule has 0 N–H and O–H groups in total. The molecule has 0 aliphatic heterocycles. The normalized spacial score (nSPS) is 20.5. The van der Waals surface area contributed by atoms with E-state index in [0.29, 0.717) is 11.7 Å². The summed E-state index contributed by atoms with van der Waals surface area (Å²) in [5, 5.41) is 0. The molecule has 1 aliphatic rings. The summed E-state index contributed by atoms with van der Waals surface area (Å²) in [5.74, 6) is 1.18. The largest absolute Gasteiger partial charge is 0.426 e. The molecule has 0 fully saturated rings. The van der Waals surface area contributed by atoms with Crippen molar-refractivity contribution in [3.8, 4) is 5.75 Å². The Kier molecular flexibility index (Phi) is 9.54. The van der Waals surface area contributed by atoms with Crippen LogP contribution < -0.4 is 4.74 Å². The topological polar surface area (TPSA) is 26.3 Å². The number of carbonyl (C=O) groups excluding carboxylic acids is 1. The van der Waals surface area contributed by atoms with Gasteiger partial charge in [-0.3, -0.25) is 4.79 Å². The SMILES string of the molecule is CCCCCCCC1(C(=O)Oc2ccc([C@@H](C)CCC)cc2)C=CC(c2ccccc2)C=C1. The summed E-state index contributed by atoms with van der Waals surface area (Å²) < 4.78 is 5.93. The standard InChI is InChI=1S/C31H40O2/c1-4-6-7-8-12-22-31(23-20-28(21-24-31)27-14-10-9-11-15-27)30(32)33-29-18-16-26(17-19-29)25(3)13-5-2/h9-11,14-21,23-25,28H,4-8,12-13,22H2,1-3H3/t25-,28?,31?/m0/s1. The molecule has 0 bridgehead atoms. The molecule has 1 aliphatic carbocycles. The Balaban J connectivity index is 1.72. The number of hydrogen-bond acceptors (Lipinski definition) is 2. The van der Waals surface area contributed by atoms with Crippen molar-refractivity contribution < 1.29 is 9.53 Å². The van der Waals surface area contributed by atoms with Gasteiger partial charge in [0, 0.05) is 5.92 Å². The van der Waals surface area contributed by atoms with E-state index in [-0.39, 0.29) is 11.9 Å². The highest BCUT2D eigenvalue weighted by molar-refractivity contribution is 5.84. The van der Waals surface area contributed by atoms with Crippen molar-refractivity contribution >= 4 is 5.97 Å². The van der Waals surface area contributed by atoms with Gasteiger partial charge in [-0.05, 0) is 42.0 Å². The van der Waals surface area contributed by atoms with Crippen LogP contribution in [0.4, 0.5) is 0 Å². The smallest absolute Gasteiger partial charge is 0.325 e. The van der Waals surface area contributed by atoms with Crippen LogP contribution >= 0.6 is 0 Å². The van der Waals surface area contributed by atoms with Gasteiger partial charge in [-0.25, -0.2) is 0 Å². The van der Waals surface area contributed by atoms with Crippen molar-refractivity contribution in [3.63, 3.8) is 0 Å². The van der Waals surface area contributed by atoms with Crippen molar-refractivity contribution in [3.05, 3.63) is 90.0 Å². The van der Waals surface area contributed by atoms with Crippen LogP contribution in [0, 0.1) is 5.41 Å². The first-order valence-corrected chi connectivity index (χ1v) is 12.8. The Morgan fingerprint density at radius 1 is 0.879 bits per heavy atom. The molecule has 2 aromatic carbocycles. The predicted molar refractivity (Wildman–Crippen MR) is 139 cm³/mol. The monoisotopic (exact) mass is 444 g/mol. The van der Waals surface area contributed by atoms with Gasteiger partial charge in [0.05, 0.1) is 0 Å². The summed E-state index contributed by atoms with van der Waals surface area (Å²) in [6.07, 6.45) is 17.5. The Bertz CT molecular complexity index is 894. The van der Waals surface area contributed by atoms with Gasteiger partial charge in [-0.2, -0.15) is 0 Å². The number of unbranched alkanes of at least 4 members (excludes halogenated alkanes) is 4. The van der Waals surface area contributed by atoms with Crippen LogP contribution in [0.1, 0.15) is 95.1 Å². The van der Waals surface area contributed by atoms with E-state index in [2.05, 4.69) is 81.5 Å². The highest BCUT2D eigenvalue weighted by atomic mass is 16.5. The molecule has 2 nitrogen and oxygen atoms in total. The fraction of sp³-hybridized carbons (Fsp3) is 0.452. The summed E-state index contributed by atoms with van der Waals surface area (Å²) in [5.41, 5.74) is 1.85. The second kappa shape index (κ2) is 12.6. The van der Waals surface area contributed by atoms with E-state index in [0.717, 1.165) is 19.3 Å². The maximum Gasteiger partial charge on any atom is 0.325 e. The van der Waals surface area contributed by atoms with Crippen molar-refractivity contribution in [1.82, 2.24) is 0 Å². The molecule has 0 spiro atoms. The quantitative estimate of drug-likeness (QED) is 0.141. The first-order chi connectivity index (χ1) is 16.1. The lowest BCUT2D eigenvalue weighted by molar-refractivity contribution is -0.141. The molecule has 0 saturated carbocycles. The molecule has 2 aromatic rings. The van der Waals surface area contributed by atoms with Gasteiger partial charge in [0.1, 0.15) is 11.2 Å². The molecule has 3 rings (SSSR count). The lowest BCUT2D eigenvalue weighted by Crippen LogP contribution is -2.33. The molecule has 0 saturated heterocycles. The van der Waals surface area contributed by atoms with Crippen molar-refractivity contribution in [2.24, 2.45) is 5.41 Å². The molecule has 2 heteroatoms. The third-order valence-electron chi connectivity index (χ3n) is 6.84. The maximum atomic E-state index is 13.4. The average Bonchev–Trinajstić information content (AvgIpc) is 2.85. The molecule has 0 radical (unpaired) electrons. The van der Waals surface area contributed by atoms with E-state index in [4.69, 9.17) is 4.74 Å². The van der Waals surface area contributed by atoms with E-state index in [1.807, 2.05) is 18.2 Å². The number of allylic oxidation sites excluding steroid dienone is 2. The predicted octanol–water partition coefficient (Wildman–Crippen LogP) is 8.75. The second-order valence-electron chi connectivity index (χ2n) is 9.51. The minimum absolute atomic E-state index is 0.175.